The Morgan fingerprint density at radius 1 is 1.16 bits per heavy atom. The summed E-state index contributed by atoms with van der Waals surface area (Å²) < 4.78 is 37.8. The molecular weight excluding hydrogens is 337 g/mol. The molecule has 1 saturated heterocycles. The van der Waals surface area contributed by atoms with Gasteiger partial charge in [0.25, 0.3) is 0 Å². The number of carbonyl (C=O) groups is 2. The van der Waals surface area contributed by atoms with Gasteiger partial charge in [0.2, 0.25) is 0 Å². The number of hydrogen-bond acceptors (Lipinski definition) is 2. The highest BCUT2D eigenvalue weighted by molar-refractivity contribution is 5.74. The van der Waals surface area contributed by atoms with Gasteiger partial charge in [-0.05, 0) is 42.9 Å². The maximum atomic E-state index is 12.6. The molecule has 2 amide bonds. The first-order valence-corrected chi connectivity index (χ1v) is 8.19. The third-order valence-corrected chi connectivity index (χ3v) is 4.34. The van der Waals surface area contributed by atoms with E-state index in [1.54, 1.807) is 4.90 Å². The van der Waals surface area contributed by atoms with Gasteiger partial charge >= 0.3 is 18.2 Å². The summed E-state index contributed by atoms with van der Waals surface area (Å²) in [5, 5.41) is 11.2. The number of amides is 2. The van der Waals surface area contributed by atoms with Crippen molar-refractivity contribution in [3.05, 3.63) is 35.4 Å². The van der Waals surface area contributed by atoms with E-state index in [2.05, 4.69) is 5.32 Å². The zero-order valence-electron chi connectivity index (χ0n) is 13.7. The van der Waals surface area contributed by atoms with Crippen molar-refractivity contribution in [1.82, 2.24) is 10.2 Å². The van der Waals surface area contributed by atoms with E-state index >= 15 is 0 Å². The molecule has 1 heterocycles. The van der Waals surface area contributed by atoms with Crippen LogP contribution in [0.2, 0.25) is 0 Å². The van der Waals surface area contributed by atoms with Gasteiger partial charge in [-0.1, -0.05) is 12.1 Å². The van der Waals surface area contributed by atoms with Crippen LogP contribution in [0.4, 0.5) is 18.0 Å². The molecule has 8 heteroatoms. The van der Waals surface area contributed by atoms with Crippen LogP contribution in [-0.2, 0) is 11.0 Å². The van der Waals surface area contributed by atoms with E-state index in [1.165, 1.54) is 12.1 Å². The van der Waals surface area contributed by atoms with Gasteiger partial charge in [0.1, 0.15) is 0 Å². The average Bonchev–Trinajstić information content (AvgIpc) is 2.58. The summed E-state index contributed by atoms with van der Waals surface area (Å²) in [4.78, 5) is 24.0. The number of nitrogens with one attached hydrogen (secondary N) is 1. The molecule has 0 aromatic heterocycles. The van der Waals surface area contributed by atoms with Gasteiger partial charge in [-0.15, -0.1) is 0 Å². The van der Waals surface area contributed by atoms with E-state index in [1.807, 2.05) is 0 Å². The van der Waals surface area contributed by atoms with Gasteiger partial charge in [-0.3, -0.25) is 4.79 Å². The normalized spacial score (nSPS) is 15.9. The molecule has 0 atom stereocenters. The van der Waals surface area contributed by atoms with Crippen LogP contribution in [0.15, 0.2) is 24.3 Å². The predicted molar refractivity (Wildman–Crippen MR) is 85.3 cm³/mol. The highest BCUT2D eigenvalue weighted by Gasteiger charge is 2.30. The van der Waals surface area contributed by atoms with Crippen molar-refractivity contribution in [2.75, 3.05) is 19.6 Å². The molecule has 0 unspecified atom stereocenters. The van der Waals surface area contributed by atoms with E-state index in [9.17, 15) is 22.8 Å². The van der Waals surface area contributed by atoms with Gasteiger partial charge < -0.3 is 15.3 Å². The molecule has 1 aromatic carbocycles. The number of carboxylic acids is 1. The summed E-state index contributed by atoms with van der Waals surface area (Å²) in [6.07, 6.45) is -2.57. The molecule has 0 bridgehead atoms. The Balaban J connectivity index is 1.79. The lowest BCUT2D eigenvalue weighted by molar-refractivity contribution is -0.138. The summed E-state index contributed by atoms with van der Waals surface area (Å²) in [5.41, 5.74) is 0.198. The Morgan fingerprint density at radius 3 is 2.28 bits per heavy atom. The van der Waals surface area contributed by atoms with Crippen LogP contribution in [-0.4, -0.2) is 41.6 Å². The highest BCUT2D eigenvalue weighted by Crippen LogP contribution is 2.32. The number of likely N-dealkylation sites (tertiary alicyclic amines) is 1. The fraction of sp³-hybridized carbons (Fsp3) is 0.529. The standard InChI is InChI=1S/C17H21F3N2O3/c18-17(19,20)14-5-3-12(4-6-14)13-7-10-22(11-8-13)16(25)21-9-1-2-15(23)24/h3-6,13H,1-2,7-11H2,(H,21,25)(H,23,24). The van der Waals surface area contributed by atoms with Crippen LogP contribution in [0.3, 0.4) is 0 Å². The van der Waals surface area contributed by atoms with Gasteiger partial charge in [0.15, 0.2) is 0 Å². The molecule has 1 fully saturated rings. The minimum absolute atomic E-state index is 0.0102. The maximum absolute atomic E-state index is 12.6. The molecule has 1 aliphatic heterocycles. The summed E-state index contributed by atoms with van der Waals surface area (Å²) in [7, 11) is 0. The quantitative estimate of drug-likeness (QED) is 0.792. The van der Waals surface area contributed by atoms with Crippen LogP contribution >= 0.6 is 0 Å². The number of carbonyl (C=O) groups excluding carboxylic acids is 1. The van der Waals surface area contributed by atoms with Crippen molar-refractivity contribution >= 4 is 12.0 Å². The second-order valence-electron chi connectivity index (χ2n) is 6.11. The first kappa shape index (κ1) is 19.1. The van der Waals surface area contributed by atoms with E-state index in [4.69, 9.17) is 5.11 Å². The maximum Gasteiger partial charge on any atom is 0.416 e. The monoisotopic (exact) mass is 358 g/mol. The zero-order chi connectivity index (χ0) is 18.4. The van der Waals surface area contributed by atoms with Crippen molar-refractivity contribution in [3.8, 4) is 0 Å². The van der Waals surface area contributed by atoms with Crippen LogP contribution < -0.4 is 5.32 Å². The van der Waals surface area contributed by atoms with Crippen molar-refractivity contribution in [2.24, 2.45) is 0 Å². The highest BCUT2D eigenvalue weighted by atomic mass is 19.4. The second-order valence-corrected chi connectivity index (χ2v) is 6.11. The number of alkyl halides is 3. The molecule has 25 heavy (non-hydrogen) atoms. The van der Waals surface area contributed by atoms with Crippen LogP contribution in [0, 0.1) is 0 Å². The smallest absolute Gasteiger partial charge is 0.416 e. The van der Waals surface area contributed by atoms with Crippen LogP contribution in [0.25, 0.3) is 0 Å². The lowest BCUT2D eigenvalue weighted by Crippen LogP contribution is -2.44. The Kier molecular flexibility index (Phi) is 6.27. The first-order chi connectivity index (χ1) is 11.8. The van der Waals surface area contributed by atoms with Crippen molar-refractivity contribution in [2.45, 2.75) is 37.8 Å². The number of urea groups is 1. The number of halogens is 3. The molecule has 1 aromatic rings. The number of nitrogens with zero attached hydrogens (tertiary/aromatic N) is 1. The van der Waals surface area contributed by atoms with Crippen LogP contribution in [0.1, 0.15) is 42.7 Å². The van der Waals surface area contributed by atoms with E-state index in [0.717, 1.165) is 17.7 Å². The molecule has 0 radical (unpaired) electrons. The number of hydrogen-bond donors (Lipinski definition) is 2. The largest absolute Gasteiger partial charge is 0.481 e. The Bertz CT molecular complexity index is 594. The summed E-state index contributed by atoms with van der Waals surface area (Å²) in [6, 6.07) is 4.98. The lowest BCUT2D eigenvalue weighted by Gasteiger charge is -2.32. The van der Waals surface area contributed by atoms with E-state index in [-0.39, 0.29) is 18.4 Å². The predicted octanol–water partition coefficient (Wildman–Crippen LogP) is 3.46. The van der Waals surface area contributed by atoms with Gasteiger partial charge in [-0.25, -0.2) is 4.79 Å². The van der Waals surface area contributed by atoms with Crippen LogP contribution in [0.5, 0.6) is 0 Å². The topological polar surface area (TPSA) is 69.6 Å². The molecule has 1 aliphatic rings. The van der Waals surface area contributed by atoms with E-state index in [0.29, 0.717) is 38.9 Å². The average molecular weight is 358 g/mol. The number of benzene rings is 1. The molecule has 138 valence electrons. The van der Waals surface area contributed by atoms with Gasteiger partial charge in [0.05, 0.1) is 5.56 Å². The third kappa shape index (κ3) is 5.65. The zero-order valence-corrected chi connectivity index (χ0v) is 13.7. The number of carboxylic acid groups (broad SMARTS) is 1. The molecule has 0 saturated carbocycles. The summed E-state index contributed by atoms with van der Waals surface area (Å²) in [5.74, 6) is -0.759. The molecule has 2 rings (SSSR count). The minimum Gasteiger partial charge on any atom is -0.481 e. The molecule has 0 spiro atoms. The SMILES string of the molecule is O=C(O)CCCNC(=O)N1CCC(c2ccc(C(F)(F)F)cc2)CC1. The lowest BCUT2D eigenvalue weighted by atomic mass is 9.89. The Morgan fingerprint density at radius 2 is 1.76 bits per heavy atom. The molecule has 5 nitrogen and oxygen atoms in total. The fourth-order valence-electron chi connectivity index (χ4n) is 2.91. The Labute approximate surface area is 143 Å². The molecular formula is C17H21F3N2O3. The minimum atomic E-state index is -4.33. The fourth-order valence-corrected chi connectivity index (χ4v) is 2.91. The van der Waals surface area contributed by atoms with Gasteiger partial charge in [-0.2, -0.15) is 13.2 Å². The number of rotatable bonds is 5. The second kappa shape index (κ2) is 8.22. The summed E-state index contributed by atoms with van der Waals surface area (Å²) >= 11 is 0. The molecule has 0 aliphatic carbocycles. The third-order valence-electron chi connectivity index (χ3n) is 4.34. The first-order valence-electron chi connectivity index (χ1n) is 8.19. The van der Waals surface area contributed by atoms with E-state index < -0.39 is 17.7 Å². The molecule has 2 N–H and O–H groups in total. The van der Waals surface area contributed by atoms with Gasteiger partial charge in [0, 0.05) is 26.1 Å². The number of piperidine rings is 1. The van der Waals surface area contributed by atoms with Crippen molar-refractivity contribution < 1.29 is 27.9 Å². The number of aliphatic carboxylic acids is 1. The summed E-state index contributed by atoms with van der Waals surface area (Å²) in [6.45, 7) is 1.36. The van der Waals surface area contributed by atoms with Crippen molar-refractivity contribution in [1.29, 1.82) is 0 Å². The Hall–Kier alpha value is -2.25. The van der Waals surface area contributed by atoms with Crippen molar-refractivity contribution in [3.63, 3.8) is 0 Å².